The summed E-state index contributed by atoms with van der Waals surface area (Å²) in [6.07, 6.45) is 1.84. The van der Waals surface area contributed by atoms with Crippen molar-refractivity contribution in [2.75, 3.05) is 5.32 Å². The van der Waals surface area contributed by atoms with Crippen LogP contribution >= 0.6 is 0 Å². The van der Waals surface area contributed by atoms with Gasteiger partial charge in [-0.15, -0.1) is 0 Å². The summed E-state index contributed by atoms with van der Waals surface area (Å²) in [5, 5.41) is 4.62. The Morgan fingerprint density at radius 2 is 2.07 bits per heavy atom. The Hall–Kier alpha value is -1.57. The van der Waals surface area contributed by atoms with Gasteiger partial charge in [0.05, 0.1) is 11.2 Å². The maximum Gasteiger partial charge on any atom is 0.0933 e. The zero-order valence-electron chi connectivity index (χ0n) is 9.41. The lowest BCUT2D eigenvalue weighted by Gasteiger charge is -2.13. The van der Waals surface area contributed by atoms with Crippen LogP contribution in [0.25, 0.3) is 10.9 Å². The molecule has 0 aliphatic heterocycles. The number of rotatable bonds is 2. The SMILES string of the molecule is Cc1cc(NC(C)C)c2ncccc2c1. The molecule has 2 heteroatoms. The topological polar surface area (TPSA) is 24.9 Å². The Morgan fingerprint density at radius 1 is 1.27 bits per heavy atom. The van der Waals surface area contributed by atoms with Crippen LogP contribution in [-0.2, 0) is 0 Å². The first kappa shape index (κ1) is 9.97. The number of hydrogen-bond acceptors (Lipinski definition) is 2. The highest BCUT2D eigenvalue weighted by Crippen LogP contribution is 2.23. The predicted octanol–water partition coefficient (Wildman–Crippen LogP) is 3.36. The van der Waals surface area contributed by atoms with Crippen LogP contribution in [0.1, 0.15) is 19.4 Å². The lowest BCUT2D eigenvalue weighted by molar-refractivity contribution is 0.900. The highest BCUT2D eigenvalue weighted by atomic mass is 14.9. The Morgan fingerprint density at radius 3 is 2.80 bits per heavy atom. The summed E-state index contributed by atoms with van der Waals surface area (Å²) in [7, 11) is 0. The molecule has 0 amide bonds. The largest absolute Gasteiger partial charge is 0.381 e. The van der Waals surface area contributed by atoms with Gasteiger partial charge in [0.15, 0.2) is 0 Å². The van der Waals surface area contributed by atoms with Crippen molar-refractivity contribution in [2.24, 2.45) is 0 Å². The van der Waals surface area contributed by atoms with E-state index in [2.05, 4.69) is 49.3 Å². The number of nitrogens with zero attached hydrogens (tertiary/aromatic N) is 1. The van der Waals surface area contributed by atoms with Gasteiger partial charge in [-0.25, -0.2) is 0 Å². The fourth-order valence-corrected chi connectivity index (χ4v) is 1.76. The molecule has 0 unspecified atom stereocenters. The van der Waals surface area contributed by atoms with Crippen LogP contribution in [0, 0.1) is 6.92 Å². The fourth-order valence-electron chi connectivity index (χ4n) is 1.76. The number of anilines is 1. The molecule has 78 valence electrons. The van der Waals surface area contributed by atoms with Gasteiger partial charge in [-0.05, 0) is 44.5 Å². The van der Waals surface area contributed by atoms with Crippen molar-refractivity contribution in [3.63, 3.8) is 0 Å². The minimum Gasteiger partial charge on any atom is -0.381 e. The maximum atomic E-state index is 4.41. The summed E-state index contributed by atoms with van der Waals surface area (Å²) in [6.45, 7) is 6.38. The first-order chi connectivity index (χ1) is 7.16. The lowest BCUT2D eigenvalue weighted by atomic mass is 10.1. The zero-order valence-corrected chi connectivity index (χ0v) is 9.41. The van der Waals surface area contributed by atoms with Crippen molar-refractivity contribution >= 4 is 16.6 Å². The van der Waals surface area contributed by atoms with E-state index in [0.717, 1.165) is 11.2 Å². The van der Waals surface area contributed by atoms with Crippen LogP contribution in [0.4, 0.5) is 5.69 Å². The first-order valence-corrected chi connectivity index (χ1v) is 5.29. The Kier molecular flexibility index (Phi) is 2.58. The molecule has 1 aromatic heterocycles. The molecule has 0 radical (unpaired) electrons. The van der Waals surface area contributed by atoms with Crippen molar-refractivity contribution in [2.45, 2.75) is 26.8 Å². The van der Waals surface area contributed by atoms with Gasteiger partial charge in [0.2, 0.25) is 0 Å². The molecule has 0 fully saturated rings. The highest BCUT2D eigenvalue weighted by Gasteiger charge is 2.03. The number of pyridine rings is 1. The smallest absolute Gasteiger partial charge is 0.0933 e. The molecule has 1 heterocycles. The molecule has 1 aromatic carbocycles. The van der Waals surface area contributed by atoms with Crippen molar-refractivity contribution in [3.05, 3.63) is 36.0 Å². The molecule has 0 aliphatic rings. The molecule has 0 bridgehead atoms. The summed E-state index contributed by atoms with van der Waals surface area (Å²) < 4.78 is 0. The van der Waals surface area contributed by atoms with Crippen LogP contribution in [-0.4, -0.2) is 11.0 Å². The van der Waals surface area contributed by atoms with Gasteiger partial charge in [0, 0.05) is 17.6 Å². The number of nitrogens with one attached hydrogen (secondary N) is 1. The molecule has 0 atom stereocenters. The Bertz CT molecular complexity index is 475. The molecular formula is C13H16N2. The molecule has 15 heavy (non-hydrogen) atoms. The minimum atomic E-state index is 0.428. The second-order valence-corrected chi connectivity index (χ2v) is 4.19. The second-order valence-electron chi connectivity index (χ2n) is 4.19. The standard InChI is InChI=1S/C13H16N2/c1-9(2)15-12-8-10(3)7-11-5-4-6-14-13(11)12/h4-9,15H,1-3H3. The van der Waals surface area contributed by atoms with E-state index >= 15 is 0 Å². The molecule has 0 aliphatic carbocycles. The van der Waals surface area contributed by atoms with Crippen LogP contribution in [0.15, 0.2) is 30.5 Å². The normalized spacial score (nSPS) is 10.9. The zero-order chi connectivity index (χ0) is 10.8. The van der Waals surface area contributed by atoms with Gasteiger partial charge in [-0.2, -0.15) is 0 Å². The predicted molar refractivity (Wildman–Crippen MR) is 65.2 cm³/mol. The van der Waals surface area contributed by atoms with Crippen molar-refractivity contribution in [1.82, 2.24) is 4.98 Å². The first-order valence-electron chi connectivity index (χ1n) is 5.29. The van der Waals surface area contributed by atoms with Crippen molar-refractivity contribution in [3.8, 4) is 0 Å². The third-order valence-corrected chi connectivity index (χ3v) is 2.29. The van der Waals surface area contributed by atoms with E-state index in [1.165, 1.54) is 10.9 Å². The molecule has 2 aromatic rings. The van der Waals surface area contributed by atoms with Gasteiger partial charge in [-0.1, -0.05) is 6.07 Å². The fraction of sp³-hybridized carbons (Fsp3) is 0.308. The Balaban J connectivity index is 2.60. The number of aromatic nitrogens is 1. The van der Waals surface area contributed by atoms with Gasteiger partial charge >= 0.3 is 0 Å². The summed E-state index contributed by atoms with van der Waals surface area (Å²) in [6, 6.07) is 8.81. The van der Waals surface area contributed by atoms with E-state index in [9.17, 15) is 0 Å². The molecule has 2 rings (SSSR count). The van der Waals surface area contributed by atoms with E-state index in [1.807, 2.05) is 12.3 Å². The Labute approximate surface area is 90.3 Å². The third-order valence-electron chi connectivity index (χ3n) is 2.29. The number of fused-ring (bicyclic) bond motifs is 1. The highest BCUT2D eigenvalue weighted by molar-refractivity contribution is 5.91. The summed E-state index contributed by atoms with van der Waals surface area (Å²) >= 11 is 0. The van der Waals surface area contributed by atoms with Crippen LogP contribution < -0.4 is 5.32 Å². The van der Waals surface area contributed by atoms with Gasteiger partial charge < -0.3 is 5.32 Å². The van der Waals surface area contributed by atoms with E-state index in [1.54, 1.807) is 0 Å². The van der Waals surface area contributed by atoms with Crippen LogP contribution in [0.2, 0.25) is 0 Å². The number of benzene rings is 1. The minimum absolute atomic E-state index is 0.428. The maximum absolute atomic E-state index is 4.41. The van der Waals surface area contributed by atoms with Gasteiger partial charge in [0.1, 0.15) is 0 Å². The van der Waals surface area contributed by atoms with Crippen molar-refractivity contribution < 1.29 is 0 Å². The van der Waals surface area contributed by atoms with E-state index in [0.29, 0.717) is 6.04 Å². The average Bonchev–Trinajstić information content (AvgIpc) is 2.16. The summed E-state index contributed by atoms with van der Waals surface area (Å²) in [4.78, 5) is 4.41. The van der Waals surface area contributed by atoms with Crippen molar-refractivity contribution in [1.29, 1.82) is 0 Å². The summed E-state index contributed by atoms with van der Waals surface area (Å²) in [5.41, 5.74) is 3.44. The average molecular weight is 200 g/mol. The monoisotopic (exact) mass is 200 g/mol. The lowest BCUT2D eigenvalue weighted by Crippen LogP contribution is -2.10. The molecule has 0 saturated carbocycles. The van der Waals surface area contributed by atoms with Crippen LogP contribution in [0.3, 0.4) is 0 Å². The van der Waals surface area contributed by atoms with E-state index in [4.69, 9.17) is 0 Å². The number of hydrogen-bond donors (Lipinski definition) is 1. The molecule has 0 spiro atoms. The molecule has 2 nitrogen and oxygen atoms in total. The van der Waals surface area contributed by atoms with E-state index < -0.39 is 0 Å². The molecular weight excluding hydrogens is 184 g/mol. The molecule has 0 saturated heterocycles. The third kappa shape index (κ3) is 2.09. The van der Waals surface area contributed by atoms with Crippen LogP contribution in [0.5, 0.6) is 0 Å². The second kappa shape index (κ2) is 3.89. The van der Waals surface area contributed by atoms with Gasteiger partial charge in [0.25, 0.3) is 0 Å². The quantitative estimate of drug-likeness (QED) is 0.804. The molecule has 1 N–H and O–H groups in total. The van der Waals surface area contributed by atoms with Gasteiger partial charge in [-0.3, -0.25) is 4.98 Å². The summed E-state index contributed by atoms with van der Waals surface area (Å²) in [5.74, 6) is 0. The van der Waals surface area contributed by atoms with E-state index in [-0.39, 0.29) is 0 Å². The number of aryl methyl sites for hydroxylation is 1.